The van der Waals surface area contributed by atoms with Gasteiger partial charge in [-0.3, -0.25) is 10.1 Å². The van der Waals surface area contributed by atoms with Crippen LogP contribution in [0, 0.1) is 15.9 Å². The molecule has 26 heavy (non-hydrogen) atoms. The van der Waals surface area contributed by atoms with E-state index in [-0.39, 0.29) is 23.5 Å². The van der Waals surface area contributed by atoms with E-state index in [4.69, 9.17) is 10.5 Å². The van der Waals surface area contributed by atoms with Crippen molar-refractivity contribution in [1.82, 2.24) is 5.32 Å². The average Bonchev–Trinajstić information content (AvgIpc) is 2.63. The smallest absolute Gasteiger partial charge is 0.407 e. The maximum atomic E-state index is 13.6. The van der Waals surface area contributed by atoms with Crippen LogP contribution in [0.1, 0.15) is 17.5 Å². The second kappa shape index (κ2) is 9.16. The quantitative estimate of drug-likeness (QED) is 0.340. The summed E-state index contributed by atoms with van der Waals surface area (Å²) in [5, 5.41) is 13.3. The van der Waals surface area contributed by atoms with Crippen molar-refractivity contribution in [2.45, 2.75) is 13.0 Å². The molecule has 0 radical (unpaired) electrons. The number of alkyl carbamates (subject to hydrolysis) is 1. The van der Waals surface area contributed by atoms with Gasteiger partial charge in [0.05, 0.1) is 16.7 Å². The molecule has 0 aliphatic carbocycles. The van der Waals surface area contributed by atoms with E-state index in [1.807, 2.05) is 30.3 Å². The molecule has 0 unspecified atom stereocenters. The lowest BCUT2D eigenvalue weighted by molar-refractivity contribution is -0.385. The van der Waals surface area contributed by atoms with Gasteiger partial charge in [0.2, 0.25) is 0 Å². The Kier molecular flexibility index (Phi) is 6.67. The van der Waals surface area contributed by atoms with Gasteiger partial charge >= 0.3 is 6.09 Å². The van der Waals surface area contributed by atoms with Crippen LogP contribution in [0.3, 0.4) is 0 Å². The number of amides is 1. The van der Waals surface area contributed by atoms with Crippen LogP contribution in [-0.2, 0) is 11.3 Å². The number of halogens is 1. The number of hydrogen-bond donors (Lipinski definition) is 2. The molecule has 0 bridgehead atoms. The number of nitro groups is 1. The Morgan fingerprint density at radius 1 is 1.31 bits per heavy atom. The highest BCUT2D eigenvalue weighted by Crippen LogP contribution is 2.24. The van der Waals surface area contributed by atoms with Crippen LogP contribution in [-0.4, -0.2) is 17.6 Å². The van der Waals surface area contributed by atoms with E-state index in [9.17, 15) is 19.3 Å². The minimum Gasteiger partial charge on any atom is -0.445 e. The minimum absolute atomic E-state index is 0.165. The van der Waals surface area contributed by atoms with Crippen molar-refractivity contribution < 1.29 is 18.8 Å². The standard InChI is InChI=1S/C18H18FN3O4/c19-16-11-15(22(24)25)10-14(17(16)20)8-4-5-9-21-18(23)26-12-13-6-2-1-3-7-13/h1-4,6-8,10-11H,5,9,12,20H2,(H,21,23). The van der Waals surface area contributed by atoms with E-state index < -0.39 is 16.8 Å². The number of carbonyl (C=O) groups is 1. The summed E-state index contributed by atoms with van der Waals surface area (Å²) in [5.74, 6) is -0.846. The maximum Gasteiger partial charge on any atom is 0.407 e. The molecule has 2 aromatic rings. The minimum atomic E-state index is -0.846. The summed E-state index contributed by atoms with van der Waals surface area (Å²) in [7, 11) is 0. The van der Waals surface area contributed by atoms with E-state index in [1.54, 1.807) is 6.08 Å². The zero-order valence-corrected chi connectivity index (χ0v) is 13.9. The number of non-ortho nitro benzene ring substituents is 1. The summed E-state index contributed by atoms with van der Waals surface area (Å²) in [6.45, 7) is 0.466. The first kappa shape index (κ1) is 18.9. The largest absolute Gasteiger partial charge is 0.445 e. The number of nitrogens with two attached hydrogens (primary N) is 1. The second-order valence-electron chi connectivity index (χ2n) is 5.37. The fraction of sp³-hybridized carbons (Fsp3) is 0.167. The number of ether oxygens (including phenoxy) is 1. The molecule has 0 heterocycles. The number of nitrogen functional groups attached to an aromatic ring is 1. The molecule has 8 heteroatoms. The normalized spacial score (nSPS) is 10.7. The number of nitrogens with zero attached hydrogens (tertiary/aromatic N) is 1. The van der Waals surface area contributed by atoms with Crippen LogP contribution in [0.2, 0.25) is 0 Å². The third-order valence-electron chi connectivity index (χ3n) is 3.45. The molecule has 0 aromatic heterocycles. The molecule has 3 N–H and O–H groups in total. The van der Waals surface area contributed by atoms with Crippen LogP contribution in [0.25, 0.3) is 6.08 Å². The topological polar surface area (TPSA) is 107 Å². The van der Waals surface area contributed by atoms with Gasteiger partial charge in [0.25, 0.3) is 5.69 Å². The summed E-state index contributed by atoms with van der Waals surface area (Å²) in [4.78, 5) is 21.6. The molecule has 0 aliphatic rings. The molecule has 1 amide bonds. The number of nitrogens with one attached hydrogen (secondary N) is 1. The number of hydrogen-bond acceptors (Lipinski definition) is 5. The Morgan fingerprint density at radius 3 is 2.73 bits per heavy atom. The Bertz CT molecular complexity index is 810. The van der Waals surface area contributed by atoms with Crippen molar-refractivity contribution in [3.05, 3.63) is 75.6 Å². The van der Waals surface area contributed by atoms with Crippen LogP contribution in [0.4, 0.5) is 20.6 Å². The van der Waals surface area contributed by atoms with Crippen molar-refractivity contribution in [2.75, 3.05) is 12.3 Å². The summed E-state index contributed by atoms with van der Waals surface area (Å²) in [5.41, 5.74) is 6.12. The SMILES string of the molecule is Nc1c(F)cc([N+](=O)[O-])cc1C=CCCNC(=O)OCc1ccccc1. The second-order valence-corrected chi connectivity index (χ2v) is 5.37. The van der Waals surface area contributed by atoms with E-state index in [2.05, 4.69) is 5.32 Å². The summed E-state index contributed by atoms with van der Waals surface area (Å²) < 4.78 is 18.6. The molecule has 0 spiro atoms. The molecule has 136 valence electrons. The number of anilines is 1. The van der Waals surface area contributed by atoms with Gasteiger partial charge in [0.1, 0.15) is 6.61 Å². The number of carbonyl (C=O) groups excluding carboxylic acids is 1. The third-order valence-corrected chi connectivity index (χ3v) is 3.45. The van der Waals surface area contributed by atoms with Gasteiger partial charge in [-0.15, -0.1) is 0 Å². The number of rotatable bonds is 7. The molecule has 0 saturated heterocycles. The van der Waals surface area contributed by atoms with Crippen molar-refractivity contribution in [2.24, 2.45) is 0 Å². The Balaban J connectivity index is 1.79. The van der Waals surface area contributed by atoms with Crippen molar-refractivity contribution in [3.8, 4) is 0 Å². The molecule has 2 rings (SSSR count). The van der Waals surface area contributed by atoms with E-state index in [1.165, 1.54) is 12.1 Å². The molecule has 2 aromatic carbocycles. The highest BCUT2D eigenvalue weighted by atomic mass is 19.1. The van der Waals surface area contributed by atoms with Gasteiger partial charge < -0.3 is 15.8 Å². The van der Waals surface area contributed by atoms with Gasteiger partial charge in [-0.1, -0.05) is 42.5 Å². The molecular formula is C18H18FN3O4. The summed E-state index contributed by atoms with van der Waals surface area (Å²) in [6, 6.07) is 11.2. The molecule has 0 atom stereocenters. The Morgan fingerprint density at radius 2 is 2.04 bits per heavy atom. The van der Waals surface area contributed by atoms with Crippen LogP contribution >= 0.6 is 0 Å². The van der Waals surface area contributed by atoms with Crippen LogP contribution in [0.5, 0.6) is 0 Å². The number of benzene rings is 2. The van der Waals surface area contributed by atoms with Gasteiger partial charge in [-0.25, -0.2) is 9.18 Å². The van der Waals surface area contributed by atoms with Crippen LogP contribution in [0.15, 0.2) is 48.5 Å². The predicted octanol–water partition coefficient (Wildman–Crippen LogP) is 3.65. The fourth-order valence-corrected chi connectivity index (χ4v) is 2.11. The first-order chi connectivity index (χ1) is 12.5. The molecule has 0 aliphatic heterocycles. The summed E-state index contributed by atoms with van der Waals surface area (Å²) >= 11 is 0. The van der Waals surface area contributed by atoms with Crippen molar-refractivity contribution in [3.63, 3.8) is 0 Å². The molecule has 0 fully saturated rings. The maximum absolute atomic E-state index is 13.6. The lowest BCUT2D eigenvalue weighted by Gasteiger charge is -2.06. The fourth-order valence-electron chi connectivity index (χ4n) is 2.11. The Labute approximate surface area is 149 Å². The lowest BCUT2D eigenvalue weighted by Crippen LogP contribution is -2.24. The van der Waals surface area contributed by atoms with Gasteiger partial charge in [-0.05, 0) is 12.0 Å². The highest BCUT2D eigenvalue weighted by Gasteiger charge is 2.13. The lowest BCUT2D eigenvalue weighted by atomic mass is 10.1. The van der Waals surface area contributed by atoms with E-state index in [0.29, 0.717) is 13.0 Å². The summed E-state index contributed by atoms with van der Waals surface area (Å²) in [6.07, 6.45) is 2.97. The van der Waals surface area contributed by atoms with E-state index >= 15 is 0 Å². The zero-order valence-electron chi connectivity index (χ0n) is 13.9. The van der Waals surface area contributed by atoms with Crippen LogP contribution < -0.4 is 11.1 Å². The third kappa shape index (κ3) is 5.59. The monoisotopic (exact) mass is 359 g/mol. The first-order valence-electron chi connectivity index (χ1n) is 7.82. The van der Waals surface area contributed by atoms with E-state index in [0.717, 1.165) is 11.6 Å². The van der Waals surface area contributed by atoms with Gasteiger partial charge in [0, 0.05) is 18.2 Å². The van der Waals surface area contributed by atoms with Crippen molar-refractivity contribution in [1.29, 1.82) is 0 Å². The molecular weight excluding hydrogens is 341 g/mol. The first-order valence-corrected chi connectivity index (χ1v) is 7.82. The Hall–Kier alpha value is -3.42. The number of nitro benzene ring substituents is 1. The zero-order chi connectivity index (χ0) is 18.9. The average molecular weight is 359 g/mol. The highest BCUT2D eigenvalue weighted by molar-refractivity contribution is 5.68. The predicted molar refractivity (Wildman–Crippen MR) is 95.7 cm³/mol. The van der Waals surface area contributed by atoms with Gasteiger partial charge in [0.15, 0.2) is 5.82 Å². The molecule has 7 nitrogen and oxygen atoms in total. The van der Waals surface area contributed by atoms with Gasteiger partial charge in [-0.2, -0.15) is 0 Å². The van der Waals surface area contributed by atoms with Crippen molar-refractivity contribution >= 4 is 23.5 Å². The molecule has 0 saturated carbocycles.